The highest BCUT2D eigenvalue weighted by Gasteiger charge is 2.35. The van der Waals surface area contributed by atoms with E-state index in [1.54, 1.807) is 0 Å². The molecule has 1 saturated heterocycles. The summed E-state index contributed by atoms with van der Waals surface area (Å²) in [4.78, 5) is 0. The lowest BCUT2D eigenvalue weighted by Crippen LogP contribution is -2.56. The summed E-state index contributed by atoms with van der Waals surface area (Å²) in [6.07, 6.45) is 1.97. The summed E-state index contributed by atoms with van der Waals surface area (Å²) in [5.41, 5.74) is 3.71. The number of hydrogen-bond donors (Lipinski definition) is 1. The third-order valence-electron chi connectivity index (χ3n) is 6.56. The molecule has 3 aromatic carbocycles. The number of benzene rings is 3. The number of likely N-dealkylation sites (tertiary alicyclic amines) is 1. The van der Waals surface area contributed by atoms with Crippen molar-refractivity contribution in [3.8, 4) is 16.9 Å². The molecule has 1 heterocycles. The van der Waals surface area contributed by atoms with E-state index in [1.165, 1.54) is 29.5 Å². The van der Waals surface area contributed by atoms with Crippen LogP contribution < -0.4 is 4.74 Å². The molecule has 0 spiro atoms. The molecule has 1 unspecified atom stereocenters. The summed E-state index contributed by atoms with van der Waals surface area (Å²) >= 11 is 0. The van der Waals surface area contributed by atoms with Crippen molar-refractivity contribution in [2.24, 2.45) is 5.92 Å². The predicted octanol–water partition coefficient (Wildman–Crippen LogP) is 5.54. The summed E-state index contributed by atoms with van der Waals surface area (Å²) in [6.45, 7) is 6.64. The smallest absolute Gasteiger partial charge is 0.137 e. The van der Waals surface area contributed by atoms with Gasteiger partial charge in [0.15, 0.2) is 0 Å². The second-order valence-corrected chi connectivity index (χ2v) is 9.15. The molecule has 1 fully saturated rings. The Balaban J connectivity index is 1.36. The highest BCUT2D eigenvalue weighted by Crippen LogP contribution is 2.27. The quantitative estimate of drug-likeness (QED) is 0.489. The zero-order chi connectivity index (χ0) is 21.5. The number of hydrogen-bond acceptors (Lipinski definition) is 2. The Morgan fingerprint density at radius 1 is 0.839 bits per heavy atom. The molecule has 0 aliphatic carbocycles. The molecular formula is C28H34NO2+. The van der Waals surface area contributed by atoms with Gasteiger partial charge in [0.1, 0.15) is 31.5 Å². The second kappa shape index (κ2) is 10.1. The summed E-state index contributed by atoms with van der Waals surface area (Å²) in [5, 5.41) is 10.9. The predicted molar refractivity (Wildman–Crippen MR) is 127 cm³/mol. The molecule has 1 aliphatic heterocycles. The Hall–Kier alpha value is -2.62. The van der Waals surface area contributed by atoms with Crippen LogP contribution in [0.3, 0.4) is 0 Å². The van der Waals surface area contributed by atoms with Crippen LogP contribution in [-0.4, -0.2) is 41.9 Å². The molecule has 31 heavy (non-hydrogen) atoms. The van der Waals surface area contributed by atoms with Crippen LogP contribution in [0, 0.1) is 5.92 Å². The molecule has 3 aromatic rings. The van der Waals surface area contributed by atoms with E-state index >= 15 is 0 Å². The summed E-state index contributed by atoms with van der Waals surface area (Å²) in [6, 6.07) is 29.2. The molecular weight excluding hydrogens is 382 g/mol. The third-order valence-corrected chi connectivity index (χ3v) is 6.56. The molecule has 3 nitrogen and oxygen atoms in total. The van der Waals surface area contributed by atoms with Gasteiger partial charge in [-0.05, 0) is 42.0 Å². The van der Waals surface area contributed by atoms with Gasteiger partial charge in [-0.2, -0.15) is 0 Å². The van der Waals surface area contributed by atoms with Crippen molar-refractivity contribution in [2.45, 2.75) is 32.4 Å². The van der Waals surface area contributed by atoms with Crippen LogP contribution >= 0.6 is 0 Å². The molecule has 1 N–H and O–H groups in total. The summed E-state index contributed by atoms with van der Waals surface area (Å²) in [5.74, 6) is 1.58. The maximum atomic E-state index is 10.9. The van der Waals surface area contributed by atoms with Crippen molar-refractivity contribution in [1.29, 1.82) is 0 Å². The lowest BCUT2D eigenvalue weighted by Gasteiger charge is -2.44. The molecule has 4 rings (SSSR count). The zero-order valence-electron chi connectivity index (χ0n) is 18.5. The van der Waals surface area contributed by atoms with Crippen LogP contribution in [0.15, 0.2) is 84.9 Å². The van der Waals surface area contributed by atoms with E-state index < -0.39 is 6.10 Å². The Kier molecular flexibility index (Phi) is 7.06. The fourth-order valence-electron chi connectivity index (χ4n) is 4.69. The minimum absolute atomic E-state index is 0.328. The third kappa shape index (κ3) is 5.96. The van der Waals surface area contributed by atoms with Gasteiger partial charge in [-0.25, -0.2) is 0 Å². The number of quaternary nitrogens is 1. The van der Waals surface area contributed by atoms with Crippen LogP contribution in [0.1, 0.15) is 25.3 Å². The molecule has 162 valence electrons. The van der Waals surface area contributed by atoms with Crippen molar-refractivity contribution in [1.82, 2.24) is 0 Å². The fourth-order valence-corrected chi connectivity index (χ4v) is 4.69. The van der Waals surface area contributed by atoms with E-state index in [0.717, 1.165) is 42.3 Å². The first-order valence-corrected chi connectivity index (χ1v) is 11.5. The maximum absolute atomic E-state index is 10.9. The van der Waals surface area contributed by atoms with Crippen molar-refractivity contribution in [3.05, 3.63) is 90.5 Å². The van der Waals surface area contributed by atoms with Crippen LogP contribution in [0.5, 0.6) is 5.75 Å². The normalized spacial score (nSPS) is 22.1. The van der Waals surface area contributed by atoms with Crippen LogP contribution in [-0.2, 0) is 6.54 Å². The van der Waals surface area contributed by atoms with Gasteiger partial charge in [0.2, 0.25) is 0 Å². The van der Waals surface area contributed by atoms with Gasteiger partial charge in [0, 0.05) is 5.56 Å². The molecule has 0 aromatic heterocycles. The second-order valence-electron chi connectivity index (χ2n) is 9.15. The lowest BCUT2D eigenvalue weighted by molar-refractivity contribution is -0.948. The molecule has 0 bridgehead atoms. The van der Waals surface area contributed by atoms with Gasteiger partial charge in [-0.15, -0.1) is 0 Å². The number of piperidine rings is 1. The zero-order valence-corrected chi connectivity index (χ0v) is 18.5. The van der Waals surface area contributed by atoms with Gasteiger partial charge in [0.05, 0.1) is 13.1 Å². The standard InChI is InChI=1S/C28H34NO2/c1-23-16-18-29(19-17-23,20-24-8-4-2-5-9-24)21-27(30)22-31-28-14-12-26(13-15-28)25-10-6-3-7-11-25/h2-15,23,27,30H,16-22H2,1H3/q+1. The van der Waals surface area contributed by atoms with E-state index in [-0.39, 0.29) is 0 Å². The van der Waals surface area contributed by atoms with Crippen molar-refractivity contribution >= 4 is 0 Å². The van der Waals surface area contributed by atoms with E-state index in [1.807, 2.05) is 30.3 Å². The number of ether oxygens (including phenoxy) is 1. The maximum Gasteiger partial charge on any atom is 0.137 e. The van der Waals surface area contributed by atoms with Gasteiger partial charge in [-0.1, -0.05) is 79.7 Å². The van der Waals surface area contributed by atoms with Crippen LogP contribution in [0.2, 0.25) is 0 Å². The molecule has 0 saturated carbocycles. The highest BCUT2D eigenvalue weighted by molar-refractivity contribution is 5.63. The van der Waals surface area contributed by atoms with Gasteiger partial charge >= 0.3 is 0 Å². The largest absolute Gasteiger partial charge is 0.491 e. The van der Waals surface area contributed by atoms with Crippen molar-refractivity contribution in [2.75, 3.05) is 26.2 Å². The lowest BCUT2D eigenvalue weighted by atomic mass is 9.95. The summed E-state index contributed by atoms with van der Waals surface area (Å²) < 4.78 is 6.91. The Labute approximate surface area is 186 Å². The Morgan fingerprint density at radius 3 is 2.06 bits per heavy atom. The van der Waals surface area contributed by atoms with E-state index in [4.69, 9.17) is 4.74 Å². The molecule has 1 aliphatic rings. The van der Waals surface area contributed by atoms with Crippen molar-refractivity contribution < 1.29 is 14.3 Å². The number of nitrogens with zero attached hydrogens (tertiary/aromatic N) is 1. The molecule has 0 amide bonds. The minimum Gasteiger partial charge on any atom is -0.491 e. The van der Waals surface area contributed by atoms with Gasteiger partial charge in [0.25, 0.3) is 0 Å². The number of rotatable bonds is 8. The average molecular weight is 417 g/mol. The van der Waals surface area contributed by atoms with Crippen molar-refractivity contribution in [3.63, 3.8) is 0 Å². The first-order valence-electron chi connectivity index (χ1n) is 11.5. The Bertz CT molecular complexity index is 916. The minimum atomic E-state index is -0.481. The van der Waals surface area contributed by atoms with Gasteiger partial charge in [-0.3, -0.25) is 0 Å². The molecule has 0 radical (unpaired) electrons. The highest BCUT2D eigenvalue weighted by atomic mass is 16.5. The van der Waals surface area contributed by atoms with Crippen LogP contribution in [0.25, 0.3) is 11.1 Å². The topological polar surface area (TPSA) is 29.5 Å². The SMILES string of the molecule is CC1CC[N+](Cc2ccccc2)(CC(O)COc2ccc(-c3ccccc3)cc2)CC1. The monoisotopic (exact) mass is 416 g/mol. The van der Waals surface area contributed by atoms with E-state index in [0.29, 0.717) is 6.61 Å². The Morgan fingerprint density at radius 2 is 1.42 bits per heavy atom. The van der Waals surface area contributed by atoms with E-state index in [2.05, 4.69) is 61.5 Å². The first kappa shape index (κ1) is 21.6. The molecule has 3 heteroatoms. The number of aliphatic hydroxyl groups is 1. The average Bonchev–Trinajstić information content (AvgIpc) is 2.81. The number of aliphatic hydroxyl groups excluding tert-OH is 1. The van der Waals surface area contributed by atoms with Crippen LogP contribution in [0.4, 0.5) is 0 Å². The first-order chi connectivity index (χ1) is 15.1. The molecule has 1 atom stereocenters. The van der Waals surface area contributed by atoms with E-state index in [9.17, 15) is 5.11 Å². The summed E-state index contributed by atoms with van der Waals surface area (Å²) in [7, 11) is 0. The fraction of sp³-hybridized carbons (Fsp3) is 0.357. The van der Waals surface area contributed by atoms with Gasteiger partial charge < -0.3 is 14.3 Å².